The molecule has 0 radical (unpaired) electrons. The number of carbonyl (C=O) groups is 1. The topological polar surface area (TPSA) is 85.8 Å². The van der Waals surface area contributed by atoms with Gasteiger partial charge >= 0.3 is 0 Å². The molecule has 1 fully saturated rings. The van der Waals surface area contributed by atoms with E-state index in [0.29, 0.717) is 25.1 Å². The number of piperidine rings is 1. The zero-order valence-electron chi connectivity index (χ0n) is 10.8. The second-order valence-electron chi connectivity index (χ2n) is 4.64. The summed E-state index contributed by atoms with van der Waals surface area (Å²) in [6, 6.07) is 2.90. The van der Waals surface area contributed by atoms with E-state index in [1.165, 1.54) is 12.3 Å². The molecule has 1 unspecified atom stereocenters. The van der Waals surface area contributed by atoms with E-state index in [1.807, 2.05) is 6.92 Å². The summed E-state index contributed by atoms with van der Waals surface area (Å²) in [6.07, 6.45) is 2.86. The van der Waals surface area contributed by atoms with Gasteiger partial charge in [0.25, 0.3) is 5.91 Å². The third-order valence-electron chi connectivity index (χ3n) is 3.48. The van der Waals surface area contributed by atoms with Crippen LogP contribution in [0.15, 0.2) is 28.3 Å². The summed E-state index contributed by atoms with van der Waals surface area (Å²) >= 11 is 0. The van der Waals surface area contributed by atoms with Crippen LogP contribution in [-0.4, -0.2) is 39.8 Å². The molecule has 102 valence electrons. The predicted octanol–water partition coefficient (Wildman–Crippen LogP) is 1.08. The summed E-state index contributed by atoms with van der Waals surface area (Å²) in [4.78, 5) is 27.7. The fourth-order valence-corrected chi connectivity index (χ4v) is 2.36. The number of carbonyl (C=O) groups excluding carboxylic acids is 1. The Hall–Kier alpha value is -2.11. The molecular weight excluding hydrogens is 246 g/mol. The lowest BCUT2D eigenvalue weighted by Crippen LogP contribution is -2.44. The number of nitrogens with one attached hydrogen (secondary N) is 1. The van der Waals surface area contributed by atoms with Gasteiger partial charge in [0.05, 0.1) is 5.71 Å². The van der Waals surface area contributed by atoms with Crippen LogP contribution < -0.4 is 5.56 Å². The predicted molar refractivity (Wildman–Crippen MR) is 70.6 cm³/mol. The van der Waals surface area contributed by atoms with Crippen molar-refractivity contribution in [2.75, 3.05) is 13.1 Å². The van der Waals surface area contributed by atoms with Crippen LogP contribution in [0, 0.1) is 5.92 Å². The normalized spacial score (nSPS) is 21.6. The first-order valence-electron chi connectivity index (χ1n) is 6.34. The first kappa shape index (κ1) is 13.3. The van der Waals surface area contributed by atoms with E-state index < -0.39 is 0 Å². The summed E-state index contributed by atoms with van der Waals surface area (Å²) in [5, 5.41) is 12.2. The molecule has 1 aromatic rings. The van der Waals surface area contributed by atoms with Gasteiger partial charge < -0.3 is 15.1 Å². The van der Waals surface area contributed by atoms with Gasteiger partial charge in [0.1, 0.15) is 0 Å². The Morgan fingerprint density at radius 1 is 1.63 bits per heavy atom. The molecule has 2 heterocycles. The number of rotatable bonds is 2. The summed E-state index contributed by atoms with van der Waals surface area (Å²) in [6.45, 7) is 3.04. The van der Waals surface area contributed by atoms with Crippen LogP contribution in [0.25, 0.3) is 0 Å². The number of pyridine rings is 1. The zero-order valence-corrected chi connectivity index (χ0v) is 10.8. The highest BCUT2D eigenvalue weighted by molar-refractivity contribution is 5.96. The van der Waals surface area contributed by atoms with Gasteiger partial charge in [-0.1, -0.05) is 12.1 Å². The molecule has 1 atom stereocenters. The number of H-pyrrole nitrogens is 1. The lowest BCUT2D eigenvalue weighted by atomic mass is 9.93. The average Bonchev–Trinajstić information content (AvgIpc) is 2.45. The quantitative estimate of drug-likeness (QED) is 0.618. The van der Waals surface area contributed by atoms with E-state index in [9.17, 15) is 9.59 Å². The van der Waals surface area contributed by atoms with Crippen LogP contribution in [0.5, 0.6) is 0 Å². The van der Waals surface area contributed by atoms with Crippen molar-refractivity contribution >= 4 is 11.6 Å². The van der Waals surface area contributed by atoms with Gasteiger partial charge in [-0.25, -0.2) is 0 Å². The van der Waals surface area contributed by atoms with Crippen molar-refractivity contribution in [1.29, 1.82) is 0 Å². The summed E-state index contributed by atoms with van der Waals surface area (Å²) in [5.74, 6) is -0.0637. The average molecular weight is 263 g/mol. The molecule has 19 heavy (non-hydrogen) atoms. The molecule has 1 aliphatic rings. The van der Waals surface area contributed by atoms with Gasteiger partial charge in [0.2, 0.25) is 5.56 Å². The molecule has 0 saturated carbocycles. The minimum absolute atomic E-state index is 0.0877. The van der Waals surface area contributed by atoms with Crippen LogP contribution in [0.1, 0.15) is 30.1 Å². The van der Waals surface area contributed by atoms with Crippen molar-refractivity contribution < 1.29 is 10.0 Å². The zero-order chi connectivity index (χ0) is 13.8. The second kappa shape index (κ2) is 5.69. The number of nitrogens with zero attached hydrogens (tertiary/aromatic N) is 2. The van der Waals surface area contributed by atoms with Gasteiger partial charge in [0.15, 0.2) is 0 Å². The molecule has 2 rings (SSSR count). The maximum atomic E-state index is 12.3. The molecule has 0 aromatic carbocycles. The van der Waals surface area contributed by atoms with Gasteiger partial charge in [-0.2, -0.15) is 0 Å². The highest BCUT2D eigenvalue weighted by Crippen LogP contribution is 2.19. The molecule has 0 spiro atoms. The molecule has 1 amide bonds. The fourth-order valence-electron chi connectivity index (χ4n) is 2.36. The molecule has 0 bridgehead atoms. The van der Waals surface area contributed by atoms with Crippen LogP contribution >= 0.6 is 0 Å². The van der Waals surface area contributed by atoms with E-state index >= 15 is 0 Å². The Morgan fingerprint density at radius 3 is 3.05 bits per heavy atom. The lowest BCUT2D eigenvalue weighted by molar-refractivity contribution is 0.0728. The van der Waals surface area contributed by atoms with Crippen molar-refractivity contribution in [1.82, 2.24) is 9.88 Å². The van der Waals surface area contributed by atoms with Crippen molar-refractivity contribution in [2.24, 2.45) is 11.1 Å². The highest BCUT2D eigenvalue weighted by Gasteiger charge is 2.28. The number of hydrogen-bond donors (Lipinski definition) is 2. The van der Waals surface area contributed by atoms with E-state index in [1.54, 1.807) is 11.0 Å². The largest absolute Gasteiger partial charge is 0.411 e. The second-order valence-corrected chi connectivity index (χ2v) is 4.64. The number of oxime groups is 1. The minimum Gasteiger partial charge on any atom is -0.411 e. The number of aromatic amines is 1. The number of hydrogen-bond acceptors (Lipinski definition) is 4. The SMILES string of the molecule is CCC1CN(C(=O)c2cc[nH]c(=O)c2)CC/C1=N\O. The van der Waals surface area contributed by atoms with Gasteiger partial charge in [0, 0.05) is 43.3 Å². The Balaban J connectivity index is 2.15. The van der Waals surface area contributed by atoms with Gasteiger partial charge in [-0.3, -0.25) is 9.59 Å². The number of likely N-dealkylation sites (tertiary alicyclic amines) is 1. The van der Waals surface area contributed by atoms with E-state index in [0.717, 1.165) is 12.1 Å². The molecule has 6 heteroatoms. The van der Waals surface area contributed by atoms with Gasteiger partial charge in [-0.05, 0) is 12.5 Å². The smallest absolute Gasteiger partial charge is 0.254 e. The molecule has 6 nitrogen and oxygen atoms in total. The first-order chi connectivity index (χ1) is 9.15. The maximum Gasteiger partial charge on any atom is 0.254 e. The van der Waals surface area contributed by atoms with Crippen LogP contribution in [0.3, 0.4) is 0 Å². The van der Waals surface area contributed by atoms with E-state index in [4.69, 9.17) is 5.21 Å². The Labute approximate surface area is 110 Å². The molecule has 0 aliphatic carbocycles. The highest BCUT2D eigenvalue weighted by atomic mass is 16.4. The van der Waals surface area contributed by atoms with Crippen molar-refractivity contribution in [3.63, 3.8) is 0 Å². The Morgan fingerprint density at radius 2 is 2.42 bits per heavy atom. The molecular formula is C13H17N3O3. The molecule has 1 aromatic heterocycles. The van der Waals surface area contributed by atoms with Crippen LogP contribution in [-0.2, 0) is 0 Å². The monoisotopic (exact) mass is 263 g/mol. The Bertz CT molecular complexity index is 550. The summed E-state index contributed by atoms with van der Waals surface area (Å²) < 4.78 is 0. The van der Waals surface area contributed by atoms with Crippen LogP contribution in [0.4, 0.5) is 0 Å². The Kier molecular flexibility index (Phi) is 3.99. The number of amides is 1. The summed E-state index contributed by atoms with van der Waals surface area (Å²) in [7, 11) is 0. The van der Waals surface area contributed by atoms with E-state index in [-0.39, 0.29) is 17.4 Å². The van der Waals surface area contributed by atoms with Gasteiger partial charge in [-0.15, -0.1) is 0 Å². The third-order valence-corrected chi connectivity index (χ3v) is 3.48. The first-order valence-corrected chi connectivity index (χ1v) is 6.34. The molecule has 1 aliphatic heterocycles. The minimum atomic E-state index is -0.285. The third kappa shape index (κ3) is 2.83. The fraction of sp³-hybridized carbons (Fsp3) is 0.462. The van der Waals surface area contributed by atoms with E-state index in [2.05, 4.69) is 10.1 Å². The summed E-state index contributed by atoms with van der Waals surface area (Å²) in [5.41, 5.74) is 0.855. The number of aromatic nitrogens is 1. The van der Waals surface area contributed by atoms with Crippen molar-refractivity contribution in [3.8, 4) is 0 Å². The lowest BCUT2D eigenvalue weighted by Gasteiger charge is -2.32. The standard InChI is InChI=1S/C13H17N3O3/c1-2-9-8-16(6-4-11(9)15-19)13(18)10-3-5-14-12(17)7-10/h3,5,7,9,19H,2,4,6,8H2,1H3,(H,14,17)/b15-11+. The van der Waals surface area contributed by atoms with Crippen molar-refractivity contribution in [2.45, 2.75) is 19.8 Å². The molecule has 2 N–H and O–H groups in total. The van der Waals surface area contributed by atoms with Crippen molar-refractivity contribution in [3.05, 3.63) is 34.2 Å². The van der Waals surface area contributed by atoms with Crippen LogP contribution in [0.2, 0.25) is 0 Å². The molecule has 1 saturated heterocycles. The maximum absolute atomic E-state index is 12.3.